The Morgan fingerprint density at radius 1 is 1.05 bits per heavy atom. The quantitative estimate of drug-likeness (QED) is 0.310. The molecule has 3 fully saturated rings. The molecule has 5 heteroatoms. The number of likely N-dealkylation sites (tertiary alicyclic amines) is 1. The monoisotopic (exact) mass is 532 g/mol. The summed E-state index contributed by atoms with van der Waals surface area (Å²) in [7, 11) is 5.66. The number of aryl methyl sites for hydroxylation is 1. The van der Waals surface area contributed by atoms with Gasteiger partial charge < -0.3 is 19.3 Å². The Kier molecular flexibility index (Phi) is 9.29. The van der Waals surface area contributed by atoms with Crippen LogP contribution in [0.2, 0.25) is 0 Å². The van der Waals surface area contributed by atoms with E-state index in [9.17, 15) is 4.79 Å². The number of fused-ring (bicyclic) bond motifs is 1. The molecule has 0 N–H and O–H groups in total. The molecule has 39 heavy (non-hydrogen) atoms. The third-order valence-corrected chi connectivity index (χ3v) is 9.89. The highest BCUT2D eigenvalue weighted by molar-refractivity contribution is 5.76. The fraction of sp³-hybridized carbons (Fsp3) is 0.618. The Balaban J connectivity index is 1.27. The number of benzene rings is 2. The number of carbonyl (C=O) groups is 1. The summed E-state index contributed by atoms with van der Waals surface area (Å²) in [6.45, 7) is 3.43. The largest absolute Gasteiger partial charge is 0.497 e. The Bertz CT molecular complexity index is 1070. The molecule has 4 atom stereocenters. The number of hydrogen-bond acceptors (Lipinski definition) is 4. The lowest BCUT2D eigenvalue weighted by molar-refractivity contribution is -0.137. The van der Waals surface area contributed by atoms with E-state index in [0.29, 0.717) is 12.3 Å². The highest BCUT2D eigenvalue weighted by Crippen LogP contribution is 2.51. The van der Waals surface area contributed by atoms with Gasteiger partial charge in [0.1, 0.15) is 5.75 Å². The van der Waals surface area contributed by atoms with E-state index in [1.807, 2.05) is 20.2 Å². The molecule has 1 unspecified atom stereocenters. The number of methoxy groups -OCH3 is 2. The molecule has 212 valence electrons. The van der Waals surface area contributed by atoms with Crippen LogP contribution in [0.1, 0.15) is 68.9 Å². The normalized spacial score (nSPS) is 27.1. The minimum Gasteiger partial charge on any atom is -0.497 e. The molecular weight excluding hydrogens is 484 g/mol. The van der Waals surface area contributed by atoms with Crippen LogP contribution < -0.4 is 4.74 Å². The number of carbonyl (C=O) groups excluding carboxylic acids is 1. The maximum Gasteiger partial charge on any atom is 0.222 e. The summed E-state index contributed by atoms with van der Waals surface area (Å²) in [6.07, 6.45) is 10.8. The zero-order valence-corrected chi connectivity index (χ0v) is 24.3. The molecule has 2 aliphatic carbocycles. The van der Waals surface area contributed by atoms with Gasteiger partial charge in [0.25, 0.3) is 0 Å². The lowest BCUT2D eigenvalue weighted by Gasteiger charge is -2.56. The molecule has 0 radical (unpaired) electrons. The average Bonchev–Trinajstić information content (AvgIpc) is 3.80. The van der Waals surface area contributed by atoms with Gasteiger partial charge in [-0.1, -0.05) is 48.9 Å². The second-order valence-electron chi connectivity index (χ2n) is 12.4. The SMILES string of the molecule is COc1cccc([C@@]23CCN(CC4CC4)C[C@H]2C(OC)C[C@@H](N(C)C(=O)CCCCCc2ccccc2)C3)c1. The number of amides is 1. The van der Waals surface area contributed by atoms with Gasteiger partial charge in [0.2, 0.25) is 5.91 Å². The molecule has 1 aliphatic heterocycles. The Morgan fingerprint density at radius 3 is 2.62 bits per heavy atom. The Morgan fingerprint density at radius 2 is 1.87 bits per heavy atom. The van der Waals surface area contributed by atoms with E-state index in [2.05, 4.69) is 58.3 Å². The summed E-state index contributed by atoms with van der Waals surface area (Å²) in [6, 6.07) is 19.5. The fourth-order valence-electron chi connectivity index (χ4n) is 7.35. The first-order valence-corrected chi connectivity index (χ1v) is 15.2. The van der Waals surface area contributed by atoms with Gasteiger partial charge in [-0.2, -0.15) is 0 Å². The second-order valence-corrected chi connectivity index (χ2v) is 12.4. The summed E-state index contributed by atoms with van der Waals surface area (Å²) < 4.78 is 11.9. The number of rotatable bonds is 12. The highest BCUT2D eigenvalue weighted by atomic mass is 16.5. The highest BCUT2D eigenvalue weighted by Gasteiger charge is 2.53. The fourth-order valence-corrected chi connectivity index (χ4v) is 7.35. The number of nitrogens with zero attached hydrogens (tertiary/aromatic N) is 2. The molecule has 2 saturated carbocycles. The smallest absolute Gasteiger partial charge is 0.222 e. The van der Waals surface area contributed by atoms with Crippen LogP contribution >= 0.6 is 0 Å². The van der Waals surface area contributed by atoms with Crippen LogP contribution in [0.25, 0.3) is 0 Å². The Labute approximate surface area is 235 Å². The van der Waals surface area contributed by atoms with Crippen LogP contribution in [0.5, 0.6) is 5.75 Å². The summed E-state index contributed by atoms with van der Waals surface area (Å²) in [4.78, 5) is 18.2. The predicted molar refractivity (Wildman–Crippen MR) is 157 cm³/mol. The summed E-state index contributed by atoms with van der Waals surface area (Å²) >= 11 is 0. The van der Waals surface area contributed by atoms with E-state index in [0.717, 1.165) is 69.7 Å². The first-order valence-electron chi connectivity index (χ1n) is 15.2. The van der Waals surface area contributed by atoms with Crippen LogP contribution in [0, 0.1) is 11.8 Å². The molecule has 0 aromatic heterocycles. The van der Waals surface area contributed by atoms with Gasteiger partial charge in [-0.25, -0.2) is 0 Å². The number of hydrogen-bond donors (Lipinski definition) is 0. The number of piperidine rings is 1. The van der Waals surface area contributed by atoms with E-state index in [1.165, 1.54) is 30.5 Å². The van der Waals surface area contributed by atoms with Crippen LogP contribution in [-0.4, -0.2) is 68.8 Å². The van der Waals surface area contributed by atoms with Gasteiger partial charge in [0.15, 0.2) is 0 Å². The zero-order valence-electron chi connectivity index (χ0n) is 24.3. The molecule has 1 heterocycles. The maximum atomic E-state index is 13.4. The van der Waals surface area contributed by atoms with E-state index in [-0.39, 0.29) is 23.5 Å². The molecule has 5 rings (SSSR count). The molecule has 2 aromatic carbocycles. The first-order chi connectivity index (χ1) is 19.0. The van der Waals surface area contributed by atoms with Crippen LogP contribution in [0.4, 0.5) is 0 Å². The van der Waals surface area contributed by atoms with Crippen molar-refractivity contribution in [2.24, 2.45) is 11.8 Å². The van der Waals surface area contributed by atoms with Crippen LogP contribution in [-0.2, 0) is 21.4 Å². The third-order valence-electron chi connectivity index (χ3n) is 9.89. The van der Waals surface area contributed by atoms with Crippen LogP contribution in [0.15, 0.2) is 54.6 Å². The molecule has 0 spiro atoms. The van der Waals surface area contributed by atoms with Crippen molar-refractivity contribution in [1.29, 1.82) is 0 Å². The average molecular weight is 533 g/mol. The van der Waals surface area contributed by atoms with Gasteiger partial charge in [-0.05, 0) is 87.1 Å². The van der Waals surface area contributed by atoms with Crippen molar-refractivity contribution in [3.05, 3.63) is 65.7 Å². The van der Waals surface area contributed by atoms with Crippen molar-refractivity contribution < 1.29 is 14.3 Å². The second kappa shape index (κ2) is 12.9. The summed E-state index contributed by atoms with van der Waals surface area (Å²) in [5.74, 6) is 2.50. The van der Waals surface area contributed by atoms with Crippen molar-refractivity contribution in [2.45, 2.75) is 81.8 Å². The maximum absolute atomic E-state index is 13.4. The van der Waals surface area contributed by atoms with Crippen molar-refractivity contribution in [1.82, 2.24) is 9.80 Å². The first kappa shape index (κ1) is 28.2. The molecule has 3 aliphatic rings. The molecule has 1 amide bonds. The molecule has 0 bridgehead atoms. The Hall–Kier alpha value is -2.37. The van der Waals surface area contributed by atoms with Crippen LogP contribution in [0.3, 0.4) is 0 Å². The van der Waals surface area contributed by atoms with Gasteiger partial charge in [0, 0.05) is 51.0 Å². The number of ether oxygens (including phenoxy) is 2. The molecule has 1 saturated heterocycles. The van der Waals surface area contributed by atoms with Crippen molar-refractivity contribution >= 4 is 5.91 Å². The minimum atomic E-state index is -0.0115. The van der Waals surface area contributed by atoms with Gasteiger partial charge in [-0.3, -0.25) is 4.79 Å². The lowest BCUT2D eigenvalue weighted by atomic mass is 9.56. The zero-order chi connectivity index (χ0) is 27.2. The summed E-state index contributed by atoms with van der Waals surface area (Å²) in [5.41, 5.74) is 2.73. The molecular formula is C34H48N2O3. The van der Waals surface area contributed by atoms with E-state index >= 15 is 0 Å². The van der Waals surface area contributed by atoms with E-state index in [4.69, 9.17) is 9.47 Å². The molecule has 2 aromatic rings. The van der Waals surface area contributed by atoms with E-state index in [1.54, 1.807) is 7.11 Å². The van der Waals surface area contributed by atoms with Crippen molar-refractivity contribution in [2.75, 3.05) is 40.9 Å². The van der Waals surface area contributed by atoms with Crippen molar-refractivity contribution in [3.63, 3.8) is 0 Å². The minimum absolute atomic E-state index is 0.0115. The number of unbranched alkanes of at least 4 members (excludes halogenated alkanes) is 2. The molecule has 5 nitrogen and oxygen atoms in total. The van der Waals surface area contributed by atoms with Gasteiger partial charge in [0.05, 0.1) is 13.2 Å². The predicted octanol–water partition coefficient (Wildman–Crippen LogP) is 6.10. The topological polar surface area (TPSA) is 42.0 Å². The van der Waals surface area contributed by atoms with Gasteiger partial charge >= 0.3 is 0 Å². The lowest BCUT2D eigenvalue weighted by Crippen LogP contribution is -2.61. The summed E-state index contributed by atoms with van der Waals surface area (Å²) in [5, 5.41) is 0. The van der Waals surface area contributed by atoms with E-state index < -0.39 is 0 Å². The van der Waals surface area contributed by atoms with Gasteiger partial charge in [-0.15, -0.1) is 0 Å². The standard InChI is InChI=1S/C34H48N2O3/c1-35(33(37)16-9-5-8-13-26-11-6-4-7-12-26)29-22-32(39-3)31-25-36(24-27-17-18-27)20-19-34(31,23-29)28-14-10-15-30(21-28)38-2/h4,6-7,10-12,14-15,21,27,29,31-32H,5,8-9,13,16-20,22-25H2,1-3H3/t29-,31+,32?,34+/m1/s1. The van der Waals surface area contributed by atoms with Crippen molar-refractivity contribution in [3.8, 4) is 5.75 Å². The third kappa shape index (κ3) is 6.69.